The molecule has 1 aliphatic carbocycles. The largest absolute Gasteiger partial charge is 0.352 e. The maximum atomic E-state index is 12.2. The summed E-state index contributed by atoms with van der Waals surface area (Å²) >= 11 is 0. The highest BCUT2D eigenvalue weighted by Gasteiger charge is 2.35. The average molecular weight is 390 g/mol. The van der Waals surface area contributed by atoms with Gasteiger partial charge in [0, 0.05) is 30.6 Å². The number of carbonyl (C=O) groups is 2. The molecule has 0 spiro atoms. The van der Waals surface area contributed by atoms with Crippen LogP contribution < -0.4 is 10.0 Å². The number of carbonyl (C=O) groups excluding carboxylic acids is 2. The number of piperidine rings is 1. The van der Waals surface area contributed by atoms with Gasteiger partial charge in [0.2, 0.25) is 11.8 Å². The van der Waals surface area contributed by atoms with Crippen molar-refractivity contribution in [3.05, 3.63) is 29.8 Å². The van der Waals surface area contributed by atoms with Crippen LogP contribution in [0.2, 0.25) is 0 Å². The third kappa shape index (κ3) is 3.83. The van der Waals surface area contributed by atoms with Crippen molar-refractivity contribution in [1.29, 1.82) is 0 Å². The van der Waals surface area contributed by atoms with Gasteiger partial charge in [0.15, 0.2) is 0 Å². The Morgan fingerprint density at radius 2 is 1.85 bits per heavy atom. The van der Waals surface area contributed by atoms with Crippen molar-refractivity contribution in [3.63, 3.8) is 0 Å². The third-order valence-corrected chi connectivity index (χ3v) is 6.54. The van der Waals surface area contributed by atoms with Gasteiger partial charge in [-0.2, -0.15) is 0 Å². The Bertz CT molecular complexity index is 900. The van der Waals surface area contributed by atoms with Gasteiger partial charge in [-0.1, -0.05) is 12.1 Å². The second-order valence-electron chi connectivity index (χ2n) is 7.21. The van der Waals surface area contributed by atoms with Crippen LogP contribution in [0.25, 0.3) is 0 Å². The minimum atomic E-state index is -3.60. The highest BCUT2D eigenvalue weighted by molar-refractivity contribution is 7.90. The van der Waals surface area contributed by atoms with Gasteiger partial charge in [-0.25, -0.2) is 8.42 Å². The summed E-state index contributed by atoms with van der Waals surface area (Å²) in [6, 6.07) is 6.57. The van der Waals surface area contributed by atoms with Crippen LogP contribution in [0.1, 0.15) is 31.2 Å². The summed E-state index contributed by atoms with van der Waals surface area (Å²) in [6.07, 6.45) is 3.47. The molecule has 1 saturated heterocycles. The Kier molecular flexibility index (Phi) is 4.63. The van der Waals surface area contributed by atoms with E-state index in [0.717, 1.165) is 25.7 Å². The first-order valence-electron chi connectivity index (χ1n) is 9.19. The number of rotatable bonds is 4. The molecule has 4 rings (SSSR count). The van der Waals surface area contributed by atoms with Crippen LogP contribution in [0.5, 0.6) is 0 Å². The van der Waals surface area contributed by atoms with Gasteiger partial charge in [0.25, 0.3) is 10.0 Å². The van der Waals surface area contributed by atoms with Crippen LogP contribution in [0.15, 0.2) is 34.2 Å². The zero-order valence-electron chi connectivity index (χ0n) is 14.8. The number of nitrogens with one attached hydrogen (secondary N) is 2. The summed E-state index contributed by atoms with van der Waals surface area (Å²) < 4.78 is 26.5. The molecule has 27 heavy (non-hydrogen) atoms. The molecule has 144 valence electrons. The van der Waals surface area contributed by atoms with Crippen molar-refractivity contribution < 1.29 is 18.0 Å². The number of hydrogen-bond donors (Lipinski definition) is 2. The van der Waals surface area contributed by atoms with Gasteiger partial charge in [-0.05, 0) is 37.8 Å². The highest BCUT2D eigenvalue weighted by atomic mass is 32.2. The van der Waals surface area contributed by atoms with Crippen LogP contribution in [0, 0.1) is 5.92 Å². The number of sulfonamides is 1. The van der Waals surface area contributed by atoms with Gasteiger partial charge in [-0.15, -0.1) is 0 Å². The van der Waals surface area contributed by atoms with Gasteiger partial charge >= 0.3 is 0 Å². The van der Waals surface area contributed by atoms with E-state index in [4.69, 9.17) is 0 Å². The molecule has 2 aliphatic heterocycles. The molecule has 1 saturated carbocycles. The van der Waals surface area contributed by atoms with E-state index in [9.17, 15) is 18.0 Å². The normalized spacial score (nSPS) is 23.0. The minimum Gasteiger partial charge on any atom is -0.352 e. The van der Waals surface area contributed by atoms with Crippen LogP contribution in [-0.4, -0.2) is 56.6 Å². The molecule has 0 aromatic heterocycles. The standard InChI is InChI=1S/C18H22N4O4S/c23-16(20-13-7-9-22(10-8-13)18(24)12-5-6-12)11-19-17-14-3-1-2-4-15(14)27(25,26)21-17/h1-4,12-13H,5-11H2,(H,19,21)(H,20,23). The fourth-order valence-electron chi connectivity index (χ4n) is 3.51. The van der Waals surface area contributed by atoms with Crippen LogP contribution >= 0.6 is 0 Å². The molecule has 2 N–H and O–H groups in total. The number of likely N-dealkylation sites (tertiary alicyclic amines) is 1. The SMILES string of the molecule is O=C(CN=C1NS(=O)(=O)c2ccccc21)NC1CCN(C(=O)C2CC2)CC1. The average Bonchev–Trinajstić information content (AvgIpc) is 3.47. The second-order valence-corrected chi connectivity index (χ2v) is 8.86. The lowest BCUT2D eigenvalue weighted by molar-refractivity contribution is -0.133. The van der Waals surface area contributed by atoms with E-state index < -0.39 is 10.0 Å². The first-order chi connectivity index (χ1) is 12.9. The summed E-state index contributed by atoms with van der Waals surface area (Å²) in [5, 5.41) is 2.93. The number of fused-ring (bicyclic) bond motifs is 1. The Morgan fingerprint density at radius 1 is 1.15 bits per heavy atom. The summed E-state index contributed by atoms with van der Waals surface area (Å²) in [5.41, 5.74) is 0.484. The second kappa shape index (κ2) is 6.95. The van der Waals surface area contributed by atoms with Crippen molar-refractivity contribution >= 4 is 27.7 Å². The lowest BCUT2D eigenvalue weighted by Crippen LogP contribution is -2.47. The number of aliphatic imine (C=N–C) groups is 1. The zero-order chi connectivity index (χ0) is 19.0. The quantitative estimate of drug-likeness (QED) is 0.768. The minimum absolute atomic E-state index is 0.0218. The van der Waals surface area contributed by atoms with Gasteiger partial charge in [0.1, 0.15) is 12.4 Å². The predicted molar refractivity (Wildman–Crippen MR) is 98.6 cm³/mol. The molecule has 2 amide bonds. The van der Waals surface area contributed by atoms with Gasteiger partial charge in [-0.3, -0.25) is 19.3 Å². The molecule has 3 aliphatic rings. The number of nitrogens with zero attached hydrogens (tertiary/aromatic N) is 2. The molecule has 9 heteroatoms. The summed E-state index contributed by atoms with van der Waals surface area (Å²) in [4.78, 5) is 30.5. The van der Waals surface area contributed by atoms with Crippen LogP contribution in [-0.2, 0) is 19.6 Å². The van der Waals surface area contributed by atoms with Gasteiger partial charge in [0.05, 0.1) is 4.90 Å². The van der Waals surface area contributed by atoms with Crippen molar-refractivity contribution in [2.24, 2.45) is 10.9 Å². The molecule has 1 aromatic rings. The van der Waals surface area contributed by atoms with E-state index in [1.807, 2.05) is 4.90 Å². The van der Waals surface area contributed by atoms with E-state index in [1.54, 1.807) is 18.2 Å². The maximum Gasteiger partial charge on any atom is 0.263 e. The molecule has 0 bridgehead atoms. The molecular weight excluding hydrogens is 368 g/mol. The summed E-state index contributed by atoms with van der Waals surface area (Å²) in [7, 11) is -3.60. The monoisotopic (exact) mass is 390 g/mol. The topological polar surface area (TPSA) is 108 Å². The number of benzene rings is 1. The lowest BCUT2D eigenvalue weighted by Gasteiger charge is -2.32. The smallest absolute Gasteiger partial charge is 0.263 e. The Morgan fingerprint density at radius 3 is 2.56 bits per heavy atom. The van der Waals surface area contributed by atoms with Crippen molar-refractivity contribution in [2.45, 2.75) is 36.6 Å². The molecule has 8 nitrogen and oxygen atoms in total. The van der Waals surface area contributed by atoms with E-state index in [0.29, 0.717) is 18.7 Å². The number of amidine groups is 1. The fraction of sp³-hybridized carbons (Fsp3) is 0.500. The first kappa shape index (κ1) is 18.0. The number of hydrogen-bond acceptors (Lipinski definition) is 5. The van der Waals surface area contributed by atoms with E-state index in [-0.39, 0.29) is 41.0 Å². The lowest BCUT2D eigenvalue weighted by atomic mass is 10.0. The van der Waals surface area contributed by atoms with E-state index in [1.165, 1.54) is 6.07 Å². The predicted octanol–water partition coefficient (Wildman–Crippen LogP) is 0.242. The Labute approximate surface area is 158 Å². The molecule has 0 unspecified atom stereocenters. The van der Waals surface area contributed by atoms with Crippen molar-refractivity contribution in [3.8, 4) is 0 Å². The highest BCUT2D eigenvalue weighted by Crippen LogP contribution is 2.31. The molecule has 0 radical (unpaired) electrons. The maximum absolute atomic E-state index is 12.2. The third-order valence-electron chi connectivity index (χ3n) is 5.14. The Hall–Kier alpha value is -2.42. The summed E-state index contributed by atoms with van der Waals surface area (Å²) in [5.74, 6) is 0.423. The fourth-order valence-corrected chi connectivity index (χ4v) is 4.76. The zero-order valence-corrected chi connectivity index (χ0v) is 15.7. The summed E-state index contributed by atoms with van der Waals surface area (Å²) in [6.45, 7) is 1.19. The number of amides is 2. The van der Waals surface area contributed by atoms with Crippen molar-refractivity contribution in [1.82, 2.24) is 14.9 Å². The molecule has 1 aromatic carbocycles. The van der Waals surface area contributed by atoms with E-state index in [2.05, 4.69) is 15.0 Å². The van der Waals surface area contributed by atoms with E-state index >= 15 is 0 Å². The first-order valence-corrected chi connectivity index (χ1v) is 10.7. The molecule has 0 atom stereocenters. The van der Waals surface area contributed by atoms with Gasteiger partial charge < -0.3 is 10.2 Å². The molecule has 2 fully saturated rings. The Balaban J connectivity index is 1.31. The molecule has 2 heterocycles. The van der Waals surface area contributed by atoms with Crippen LogP contribution in [0.4, 0.5) is 0 Å². The van der Waals surface area contributed by atoms with Crippen molar-refractivity contribution in [2.75, 3.05) is 19.6 Å². The van der Waals surface area contributed by atoms with Crippen LogP contribution in [0.3, 0.4) is 0 Å². The molecular formula is C18H22N4O4S.